The predicted octanol–water partition coefficient (Wildman–Crippen LogP) is 0.171. The minimum Gasteiger partial charge on any atom is -0.389 e. The van der Waals surface area contributed by atoms with E-state index in [4.69, 9.17) is 14.2 Å². The highest BCUT2D eigenvalue weighted by Gasteiger charge is 2.33. The highest BCUT2D eigenvalue weighted by molar-refractivity contribution is 4.89. The Morgan fingerprint density at radius 3 is 2.29 bits per heavy atom. The summed E-state index contributed by atoms with van der Waals surface area (Å²) in [5.41, 5.74) is -0.441. The van der Waals surface area contributed by atoms with Crippen LogP contribution in [0.4, 0.5) is 0 Å². The van der Waals surface area contributed by atoms with E-state index in [1.54, 1.807) is 7.11 Å². The summed E-state index contributed by atoms with van der Waals surface area (Å²) in [5.74, 6) is 0. The molecule has 1 saturated carbocycles. The Labute approximate surface area is 103 Å². The first-order chi connectivity index (χ1) is 8.27. The summed E-state index contributed by atoms with van der Waals surface area (Å²) in [6.07, 6.45) is 3.00. The van der Waals surface area contributed by atoms with Crippen molar-refractivity contribution in [2.24, 2.45) is 0 Å². The lowest BCUT2D eigenvalue weighted by Gasteiger charge is -2.36. The van der Waals surface area contributed by atoms with Crippen LogP contribution in [0.1, 0.15) is 19.3 Å². The fourth-order valence-corrected chi connectivity index (χ4v) is 1.69. The minimum atomic E-state index is -0.441. The monoisotopic (exact) mass is 247 g/mol. The first-order valence-corrected chi connectivity index (χ1v) is 6.34. The van der Waals surface area contributed by atoms with Crippen LogP contribution in [0.2, 0.25) is 0 Å². The quantitative estimate of drug-likeness (QED) is 0.510. The standard InChI is InChI=1S/C12H25NO4/c1-15-7-8-17-10-9-16-6-5-13-11-12(14)3-2-4-12/h13-14H,2-11H2,1H3. The van der Waals surface area contributed by atoms with Crippen molar-refractivity contribution in [3.05, 3.63) is 0 Å². The molecule has 2 N–H and O–H groups in total. The summed E-state index contributed by atoms with van der Waals surface area (Å²) in [6, 6.07) is 0. The van der Waals surface area contributed by atoms with Gasteiger partial charge in [0.1, 0.15) is 0 Å². The highest BCUT2D eigenvalue weighted by Crippen LogP contribution is 2.30. The van der Waals surface area contributed by atoms with Gasteiger partial charge in [0.05, 0.1) is 38.6 Å². The van der Waals surface area contributed by atoms with Gasteiger partial charge in [0.2, 0.25) is 0 Å². The van der Waals surface area contributed by atoms with Gasteiger partial charge in [0, 0.05) is 20.2 Å². The van der Waals surface area contributed by atoms with Crippen LogP contribution >= 0.6 is 0 Å². The van der Waals surface area contributed by atoms with Crippen molar-refractivity contribution in [3.8, 4) is 0 Å². The van der Waals surface area contributed by atoms with Gasteiger partial charge in [-0.1, -0.05) is 0 Å². The van der Waals surface area contributed by atoms with Gasteiger partial charge in [-0.3, -0.25) is 0 Å². The number of rotatable bonds is 11. The zero-order chi connectivity index (χ0) is 12.4. The predicted molar refractivity (Wildman–Crippen MR) is 65.2 cm³/mol. The van der Waals surface area contributed by atoms with Crippen LogP contribution in [0.5, 0.6) is 0 Å². The van der Waals surface area contributed by atoms with Crippen molar-refractivity contribution in [1.29, 1.82) is 0 Å². The molecule has 0 aromatic carbocycles. The Morgan fingerprint density at radius 1 is 1.06 bits per heavy atom. The molecule has 1 fully saturated rings. The number of aliphatic hydroxyl groups is 1. The van der Waals surface area contributed by atoms with Crippen molar-refractivity contribution in [2.45, 2.75) is 24.9 Å². The van der Waals surface area contributed by atoms with Crippen molar-refractivity contribution in [1.82, 2.24) is 5.32 Å². The second kappa shape index (κ2) is 8.83. The summed E-state index contributed by atoms with van der Waals surface area (Å²) in [5, 5.41) is 13.0. The van der Waals surface area contributed by atoms with Crippen molar-refractivity contribution in [3.63, 3.8) is 0 Å². The van der Waals surface area contributed by atoms with E-state index in [0.29, 0.717) is 39.6 Å². The van der Waals surface area contributed by atoms with E-state index in [0.717, 1.165) is 25.8 Å². The molecule has 0 saturated heterocycles. The summed E-state index contributed by atoms with van der Waals surface area (Å²) < 4.78 is 15.5. The van der Waals surface area contributed by atoms with Crippen LogP contribution in [0, 0.1) is 0 Å². The topological polar surface area (TPSA) is 60.0 Å². The molecular formula is C12H25NO4. The van der Waals surface area contributed by atoms with Gasteiger partial charge in [-0.2, -0.15) is 0 Å². The van der Waals surface area contributed by atoms with E-state index in [2.05, 4.69) is 5.32 Å². The molecule has 17 heavy (non-hydrogen) atoms. The van der Waals surface area contributed by atoms with Crippen molar-refractivity contribution < 1.29 is 19.3 Å². The zero-order valence-electron chi connectivity index (χ0n) is 10.7. The maximum atomic E-state index is 9.80. The second-order valence-corrected chi connectivity index (χ2v) is 4.47. The Morgan fingerprint density at radius 2 is 1.71 bits per heavy atom. The molecule has 0 aliphatic heterocycles. The Kier molecular flexibility index (Phi) is 7.72. The largest absolute Gasteiger partial charge is 0.389 e. The van der Waals surface area contributed by atoms with Crippen LogP contribution < -0.4 is 5.32 Å². The fourth-order valence-electron chi connectivity index (χ4n) is 1.69. The number of methoxy groups -OCH3 is 1. The number of nitrogens with one attached hydrogen (secondary N) is 1. The molecule has 0 spiro atoms. The number of hydrogen-bond acceptors (Lipinski definition) is 5. The normalized spacial score (nSPS) is 18.0. The summed E-state index contributed by atoms with van der Waals surface area (Å²) in [7, 11) is 1.65. The van der Waals surface area contributed by atoms with E-state index in [9.17, 15) is 5.11 Å². The Bertz CT molecular complexity index is 185. The fraction of sp³-hybridized carbons (Fsp3) is 1.00. The van der Waals surface area contributed by atoms with Crippen molar-refractivity contribution in [2.75, 3.05) is 53.2 Å². The third kappa shape index (κ3) is 6.95. The molecule has 1 aliphatic carbocycles. The van der Waals surface area contributed by atoms with E-state index in [-0.39, 0.29) is 0 Å². The van der Waals surface area contributed by atoms with Crippen LogP contribution in [0.3, 0.4) is 0 Å². The van der Waals surface area contributed by atoms with Gasteiger partial charge in [-0.15, -0.1) is 0 Å². The van der Waals surface area contributed by atoms with Gasteiger partial charge in [-0.05, 0) is 19.3 Å². The summed E-state index contributed by atoms with van der Waals surface area (Å²) in [4.78, 5) is 0. The van der Waals surface area contributed by atoms with Crippen LogP contribution in [0.25, 0.3) is 0 Å². The van der Waals surface area contributed by atoms with Gasteiger partial charge >= 0.3 is 0 Å². The lowest BCUT2D eigenvalue weighted by molar-refractivity contribution is -0.0327. The van der Waals surface area contributed by atoms with E-state index in [1.807, 2.05) is 0 Å². The number of hydrogen-bond donors (Lipinski definition) is 2. The molecule has 0 aromatic rings. The second-order valence-electron chi connectivity index (χ2n) is 4.47. The van der Waals surface area contributed by atoms with Crippen LogP contribution in [-0.2, 0) is 14.2 Å². The maximum Gasteiger partial charge on any atom is 0.0771 e. The summed E-state index contributed by atoms with van der Waals surface area (Å²) in [6.45, 7) is 4.57. The average Bonchev–Trinajstić information content (AvgIpc) is 2.29. The van der Waals surface area contributed by atoms with Crippen molar-refractivity contribution >= 4 is 0 Å². The molecule has 0 aromatic heterocycles. The van der Waals surface area contributed by atoms with Gasteiger partial charge in [0.25, 0.3) is 0 Å². The molecular weight excluding hydrogens is 222 g/mol. The van der Waals surface area contributed by atoms with Crippen LogP contribution in [-0.4, -0.2) is 63.9 Å². The Balaban J connectivity index is 1.72. The third-order valence-corrected chi connectivity index (χ3v) is 2.97. The molecule has 0 radical (unpaired) electrons. The molecule has 0 atom stereocenters. The third-order valence-electron chi connectivity index (χ3n) is 2.97. The minimum absolute atomic E-state index is 0.441. The average molecular weight is 247 g/mol. The van der Waals surface area contributed by atoms with E-state index >= 15 is 0 Å². The molecule has 0 bridgehead atoms. The molecule has 0 heterocycles. The lowest BCUT2D eigenvalue weighted by atomic mass is 9.80. The molecule has 5 heteroatoms. The maximum absolute atomic E-state index is 9.80. The molecule has 102 valence electrons. The lowest BCUT2D eigenvalue weighted by Crippen LogP contribution is -2.46. The molecule has 0 amide bonds. The molecule has 0 unspecified atom stereocenters. The van der Waals surface area contributed by atoms with E-state index < -0.39 is 5.60 Å². The van der Waals surface area contributed by atoms with Gasteiger partial charge < -0.3 is 24.6 Å². The SMILES string of the molecule is COCCOCCOCCNCC1(O)CCC1. The van der Waals surface area contributed by atoms with Gasteiger partial charge in [-0.25, -0.2) is 0 Å². The van der Waals surface area contributed by atoms with Crippen LogP contribution in [0.15, 0.2) is 0 Å². The zero-order valence-corrected chi connectivity index (χ0v) is 10.7. The summed E-state index contributed by atoms with van der Waals surface area (Å²) >= 11 is 0. The van der Waals surface area contributed by atoms with Gasteiger partial charge in [0.15, 0.2) is 0 Å². The Hall–Kier alpha value is -0.200. The smallest absolute Gasteiger partial charge is 0.0771 e. The van der Waals surface area contributed by atoms with E-state index in [1.165, 1.54) is 0 Å². The highest BCUT2D eigenvalue weighted by atomic mass is 16.5. The first-order valence-electron chi connectivity index (χ1n) is 6.34. The molecule has 1 aliphatic rings. The first kappa shape index (κ1) is 14.9. The molecule has 1 rings (SSSR count). The molecule has 5 nitrogen and oxygen atoms in total. The number of ether oxygens (including phenoxy) is 3.